The summed E-state index contributed by atoms with van der Waals surface area (Å²) in [4.78, 5) is 21.4. The second-order valence-electron chi connectivity index (χ2n) is 8.26. The number of hydrogen-bond acceptors (Lipinski definition) is 7. The van der Waals surface area contributed by atoms with E-state index < -0.39 is 10.0 Å². The van der Waals surface area contributed by atoms with Crippen LogP contribution in [0.2, 0.25) is 0 Å². The van der Waals surface area contributed by atoms with Gasteiger partial charge in [-0.2, -0.15) is 4.98 Å². The summed E-state index contributed by atoms with van der Waals surface area (Å²) in [5, 5.41) is 4.10. The Morgan fingerprint density at radius 3 is 2.43 bits per heavy atom. The number of hydrogen-bond donors (Lipinski definition) is 1. The summed E-state index contributed by atoms with van der Waals surface area (Å²) in [7, 11) is -3.49. The number of benzene rings is 2. The first-order valence-corrected chi connectivity index (χ1v) is 13.1. The van der Waals surface area contributed by atoms with Crippen molar-refractivity contribution in [2.24, 2.45) is 0 Å². The molecule has 1 aromatic heterocycles. The minimum Gasteiger partial charge on any atom is -0.337 e. The summed E-state index contributed by atoms with van der Waals surface area (Å²) >= 11 is 0. The van der Waals surface area contributed by atoms with Crippen molar-refractivity contribution in [2.75, 3.05) is 32.7 Å². The van der Waals surface area contributed by atoms with Gasteiger partial charge in [-0.25, -0.2) is 13.1 Å². The van der Waals surface area contributed by atoms with Gasteiger partial charge in [0.25, 0.3) is 0 Å². The lowest BCUT2D eigenvalue weighted by Gasteiger charge is -2.36. The van der Waals surface area contributed by atoms with Gasteiger partial charge in [0, 0.05) is 44.4 Å². The molecular formula is C25H29N5O4S. The molecule has 1 unspecified atom stereocenters. The second kappa shape index (κ2) is 10.9. The van der Waals surface area contributed by atoms with Crippen molar-refractivity contribution in [2.45, 2.75) is 24.8 Å². The van der Waals surface area contributed by atoms with E-state index >= 15 is 0 Å². The molecule has 1 fully saturated rings. The van der Waals surface area contributed by atoms with Gasteiger partial charge < -0.3 is 9.42 Å². The van der Waals surface area contributed by atoms with Gasteiger partial charge in [0.1, 0.15) is 0 Å². The zero-order chi connectivity index (χ0) is 24.8. The van der Waals surface area contributed by atoms with E-state index in [4.69, 9.17) is 4.52 Å². The average molecular weight is 496 g/mol. The number of carbonyl (C=O) groups excluding carboxylic acids is 1. The van der Waals surface area contributed by atoms with Crippen LogP contribution in [-0.2, 0) is 14.8 Å². The van der Waals surface area contributed by atoms with Gasteiger partial charge >= 0.3 is 0 Å². The highest BCUT2D eigenvalue weighted by molar-refractivity contribution is 7.89. The van der Waals surface area contributed by atoms with Crippen molar-refractivity contribution in [3.05, 3.63) is 72.1 Å². The Hall–Kier alpha value is -3.34. The van der Waals surface area contributed by atoms with Crippen molar-refractivity contribution >= 4 is 22.0 Å². The van der Waals surface area contributed by atoms with E-state index in [1.807, 2.05) is 37.3 Å². The van der Waals surface area contributed by atoms with Crippen molar-refractivity contribution in [3.8, 4) is 11.4 Å². The normalized spacial score (nSPS) is 16.0. The predicted molar refractivity (Wildman–Crippen MR) is 133 cm³/mol. The van der Waals surface area contributed by atoms with Gasteiger partial charge in [0.15, 0.2) is 0 Å². The average Bonchev–Trinajstić information content (AvgIpc) is 3.38. The molecule has 0 spiro atoms. The molecule has 4 rings (SSSR count). The lowest BCUT2D eigenvalue weighted by molar-refractivity contribution is -0.128. The Morgan fingerprint density at radius 1 is 1.09 bits per heavy atom. The highest BCUT2D eigenvalue weighted by atomic mass is 32.2. The van der Waals surface area contributed by atoms with Crippen molar-refractivity contribution < 1.29 is 17.7 Å². The maximum atomic E-state index is 12.7. The summed E-state index contributed by atoms with van der Waals surface area (Å²) in [6, 6.07) is 16.1. The molecule has 1 N–H and O–H groups in total. The molecule has 10 heteroatoms. The summed E-state index contributed by atoms with van der Waals surface area (Å²) in [5.41, 5.74) is 1.66. The molecular weight excluding hydrogens is 466 g/mol. The minimum atomic E-state index is -3.49. The third kappa shape index (κ3) is 6.02. The van der Waals surface area contributed by atoms with Crippen LogP contribution in [0, 0.1) is 0 Å². The van der Waals surface area contributed by atoms with E-state index in [-0.39, 0.29) is 16.8 Å². The van der Waals surface area contributed by atoms with Crippen LogP contribution in [0.1, 0.15) is 31.3 Å². The zero-order valence-corrected chi connectivity index (χ0v) is 20.6. The molecule has 0 bridgehead atoms. The fourth-order valence-electron chi connectivity index (χ4n) is 3.90. The van der Waals surface area contributed by atoms with Crippen LogP contribution in [0.25, 0.3) is 17.5 Å². The summed E-state index contributed by atoms with van der Waals surface area (Å²) < 4.78 is 32.0. The van der Waals surface area contributed by atoms with Crippen LogP contribution in [-0.4, -0.2) is 67.0 Å². The number of aromatic nitrogens is 2. The monoisotopic (exact) mass is 495 g/mol. The molecule has 184 valence electrons. The van der Waals surface area contributed by atoms with E-state index in [1.165, 1.54) is 18.2 Å². The molecule has 0 saturated carbocycles. The molecule has 0 radical (unpaired) electrons. The Labute approximate surface area is 205 Å². The van der Waals surface area contributed by atoms with Crippen molar-refractivity contribution in [1.82, 2.24) is 24.7 Å². The first kappa shape index (κ1) is 24.8. The number of rotatable bonds is 8. The van der Waals surface area contributed by atoms with E-state index in [0.29, 0.717) is 44.4 Å². The van der Waals surface area contributed by atoms with Crippen molar-refractivity contribution in [1.29, 1.82) is 0 Å². The molecule has 35 heavy (non-hydrogen) atoms. The standard InChI is InChI=1S/C25H29N5O4S/c1-3-26-35(32,33)22-12-9-20(10-13-22)11-14-23(31)30-17-15-29(16-18-30)19(2)25-27-24(28-34-25)21-7-5-4-6-8-21/h4-14,19,26H,3,15-18H2,1-2H3/b14-11+. The maximum Gasteiger partial charge on any atom is 0.246 e. The Morgan fingerprint density at radius 2 is 1.77 bits per heavy atom. The lowest BCUT2D eigenvalue weighted by Crippen LogP contribution is -2.48. The van der Waals surface area contributed by atoms with E-state index in [0.717, 1.165) is 11.1 Å². The number of sulfonamides is 1. The quantitative estimate of drug-likeness (QED) is 0.479. The molecule has 0 aliphatic carbocycles. The fraction of sp³-hybridized carbons (Fsp3) is 0.320. The first-order valence-electron chi connectivity index (χ1n) is 11.6. The first-order chi connectivity index (χ1) is 16.9. The van der Waals surface area contributed by atoms with Crippen LogP contribution in [0.4, 0.5) is 0 Å². The molecule has 1 aliphatic heterocycles. The topological polar surface area (TPSA) is 109 Å². The molecule has 1 amide bonds. The molecule has 9 nitrogen and oxygen atoms in total. The van der Waals surface area contributed by atoms with Crippen LogP contribution in [0.5, 0.6) is 0 Å². The van der Waals surface area contributed by atoms with Gasteiger partial charge in [-0.1, -0.05) is 54.5 Å². The second-order valence-corrected chi connectivity index (χ2v) is 10.0. The molecule has 1 saturated heterocycles. The van der Waals surface area contributed by atoms with Crippen LogP contribution in [0.3, 0.4) is 0 Å². The Kier molecular flexibility index (Phi) is 7.74. The van der Waals surface area contributed by atoms with E-state index in [1.54, 1.807) is 30.0 Å². The third-order valence-corrected chi connectivity index (χ3v) is 7.51. The largest absolute Gasteiger partial charge is 0.337 e. The zero-order valence-electron chi connectivity index (χ0n) is 19.8. The highest BCUT2D eigenvalue weighted by Crippen LogP contribution is 2.23. The van der Waals surface area contributed by atoms with E-state index in [9.17, 15) is 13.2 Å². The summed E-state index contributed by atoms with van der Waals surface area (Å²) in [6.45, 7) is 6.66. The minimum absolute atomic E-state index is 0.0512. The van der Waals surface area contributed by atoms with Crippen LogP contribution >= 0.6 is 0 Å². The SMILES string of the molecule is CCNS(=O)(=O)c1ccc(/C=C/C(=O)N2CCN(C(C)c3nc(-c4ccccc4)no3)CC2)cc1. The summed E-state index contributed by atoms with van der Waals surface area (Å²) in [6.07, 6.45) is 3.22. The van der Waals surface area contributed by atoms with Crippen LogP contribution < -0.4 is 4.72 Å². The van der Waals surface area contributed by atoms with Gasteiger partial charge in [-0.05, 0) is 30.7 Å². The number of nitrogens with one attached hydrogen (secondary N) is 1. The number of piperazine rings is 1. The van der Waals surface area contributed by atoms with E-state index in [2.05, 4.69) is 19.8 Å². The van der Waals surface area contributed by atoms with Gasteiger partial charge in [0.05, 0.1) is 10.9 Å². The van der Waals surface area contributed by atoms with Gasteiger partial charge in [0.2, 0.25) is 27.6 Å². The molecule has 2 heterocycles. The molecule has 3 aromatic rings. The van der Waals surface area contributed by atoms with Crippen molar-refractivity contribution in [3.63, 3.8) is 0 Å². The smallest absolute Gasteiger partial charge is 0.246 e. The third-order valence-electron chi connectivity index (χ3n) is 5.95. The molecule has 1 atom stereocenters. The summed E-state index contributed by atoms with van der Waals surface area (Å²) in [5.74, 6) is 1.05. The predicted octanol–water partition coefficient (Wildman–Crippen LogP) is 2.95. The lowest BCUT2D eigenvalue weighted by atomic mass is 10.2. The molecule has 1 aliphatic rings. The maximum absolute atomic E-state index is 12.7. The fourth-order valence-corrected chi connectivity index (χ4v) is 4.94. The number of nitrogens with zero attached hydrogens (tertiary/aromatic N) is 4. The Balaban J connectivity index is 1.30. The van der Waals surface area contributed by atoms with Gasteiger partial charge in [-0.3, -0.25) is 9.69 Å². The van der Waals surface area contributed by atoms with Gasteiger partial charge in [-0.15, -0.1) is 0 Å². The highest BCUT2D eigenvalue weighted by Gasteiger charge is 2.27. The Bertz CT molecular complexity index is 1260. The number of amides is 1. The van der Waals surface area contributed by atoms with Crippen LogP contribution in [0.15, 0.2) is 70.1 Å². The number of carbonyl (C=O) groups is 1. The molecule has 2 aromatic carbocycles.